The van der Waals surface area contributed by atoms with Gasteiger partial charge in [-0.15, -0.1) is 0 Å². The monoisotopic (exact) mass is 340 g/mol. The molecule has 124 valence electrons. The second kappa shape index (κ2) is 7.98. The highest BCUT2D eigenvalue weighted by Gasteiger charge is 2.19. The summed E-state index contributed by atoms with van der Waals surface area (Å²) in [7, 11) is 0. The number of rotatable bonds is 5. The van der Waals surface area contributed by atoms with Gasteiger partial charge in [-0.1, -0.05) is 23.9 Å². The fourth-order valence-electron chi connectivity index (χ4n) is 2.52. The molecule has 0 fully saturated rings. The molecule has 0 saturated carbocycles. The highest BCUT2D eigenvalue weighted by molar-refractivity contribution is 7.99. The lowest BCUT2D eigenvalue weighted by molar-refractivity contribution is 0.0769. The van der Waals surface area contributed by atoms with E-state index in [1.165, 1.54) is 0 Å². The third-order valence-corrected chi connectivity index (χ3v) is 5.22. The van der Waals surface area contributed by atoms with Gasteiger partial charge in [-0.3, -0.25) is 4.79 Å². The van der Waals surface area contributed by atoms with Crippen molar-refractivity contribution < 1.29 is 4.79 Å². The Hall–Kier alpha value is -2.32. The summed E-state index contributed by atoms with van der Waals surface area (Å²) >= 11 is 1.57. The zero-order valence-corrected chi connectivity index (χ0v) is 15.4. The van der Waals surface area contributed by atoms with Crippen LogP contribution >= 0.6 is 11.8 Å². The van der Waals surface area contributed by atoms with Gasteiger partial charge < -0.3 is 4.90 Å². The molecule has 24 heavy (non-hydrogen) atoms. The molecular formula is C19H22N3OS+. The van der Waals surface area contributed by atoms with Crippen LogP contribution in [0.2, 0.25) is 0 Å². The van der Waals surface area contributed by atoms with Gasteiger partial charge >= 0.3 is 5.69 Å². The van der Waals surface area contributed by atoms with Crippen LogP contribution in [0.3, 0.4) is 0 Å². The van der Waals surface area contributed by atoms with E-state index in [0.717, 1.165) is 26.5 Å². The van der Waals surface area contributed by atoms with Crippen LogP contribution in [-0.4, -0.2) is 23.9 Å². The van der Waals surface area contributed by atoms with Gasteiger partial charge in [-0.05, 0) is 51.5 Å². The fourth-order valence-corrected chi connectivity index (χ4v) is 3.63. The molecule has 2 rings (SSSR count). The molecule has 0 radical (unpaired) electrons. The van der Waals surface area contributed by atoms with Gasteiger partial charge in [0.05, 0.1) is 5.56 Å². The molecule has 4 nitrogen and oxygen atoms in total. The third kappa shape index (κ3) is 3.77. The maximum Gasteiger partial charge on any atom is 0.388 e. The molecule has 0 spiro atoms. The second-order valence-corrected chi connectivity index (χ2v) is 6.66. The van der Waals surface area contributed by atoms with Crippen molar-refractivity contribution >= 4 is 23.4 Å². The number of hydrogen-bond acceptors (Lipinski definition) is 3. The molecule has 2 aromatic carbocycles. The van der Waals surface area contributed by atoms with Crippen molar-refractivity contribution in [2.24, 2.45) is 0 Å². The molecule has 0 aromatic heterocycles. The number of carbonyl (C=O) groups is 1. The van der Waals surface area contributed by atoms with E-state index >= 15 is 0 Å². The quantitative estimate of drug-likeness (QED) is 0.683. The zero-order valence-electron chi connectivity index (χ0n) is 14.5. The van der Waals surface area contributed by atoms with Crippen LogP contribution in [0, 0.1) is 19.2 Å². The summed E-state index contributed by atoms with van der Waals surface area (Å²) in [6.07, 6.45) is 0. The van der Waals surface area contributed by atoms with Crippen molar-refractivity contribution in [3.63, 3.8) is 0 Å². The molecule has 0 aliphatic rings. The third-order valence-electron chi connectivity index (χ3n) is 3.99. The number of benzene rings is 2. The topological polar surface area (TPSA) is 48.5 Å². The van der Waals surface area contributed by atoms with E-state index in [1.807, 2.05) is 69.0 Å². The van der Waals surface area contributed by atoms with Gasteiger partial charge in [0.25, 0.3) is 5.91 Å². The highest BCUT2D eigenvalue weighted by atomic mass is 32.2. The highest BCUT2D eigenvalue weighted by Crippen LogP contribution is 2.36. The Morgan fingerprint density at radius 2 is 1.75 bits per heavy atom. The van der Waals surface area contributed by atoms with Crippen molar-refractivity contribution in [3.8, 4) is 0 Å². The summed E-state index contributed by atoms with van der Waals surface area (Å²) in [5.41, 5.74) is 3.21. The lowest BCUT2D eigenvalue weighted by Crippen LogP contribution is -2.30. The maximum absolute atomic E-state index is 12.7. The van der Waals surface area contributed by atoms with E-state index in [2.05, 4.69) is 4.98 Å². The summed E-state index contributed by atoms with van der Waals surface area (Å²) < 4.78 is 0. The fraction of sp³-hybridized carbons (Fsp3) is 0.316. The van der Waals surface area contributed by atoms with Crippen LogP contribution < -0.4 is 0 Å². The minimum Gasteiger partial charge on any atom is -0.339 e. The molecule has 5 heteroatoms. The van der Waals surface area contributed by atoms with Crippen molar-refractivity contribution in [2.75, 3.05) is 13.1 Å². The molecule has 0 heterocycles. The van der Waals surface area contributed by atoms with E-state index in [1.54, 1.807) is 11.8 Å². The van der Waals surface area contributed by atoms with Crippen molar-refractivity contribution in [3.05, 3.63) is 58.1 Å². The first-order chi connectivity index (χ1) is 11.5. The van der Waals surface area contributed by atoms with Crippen molar-refractivity contribution in [2.45, 2.75) is 37.5 Å². The molecule has 0 atom stereocenters. The van der Waals surface area contributed by atoms with Gasteiger partial charge in [-0.25, -0.2) is 0 Å². The smallest absolute Gasteiger partial charge is 0.339 e. The summed E-state index contributed by atoms with van der Waals surface area (Å²) in [5, 5.41) is 9.02. The summed E-state index contributed by atoms with van der Waals surface area (Å²) in [6.45, 7) is 9.25. The van der Waals surface area contributed by atoms with Crippen molar-refractivity contribution in [1.82, 2.24) is 4.90 Å². The Morgan fingerprint density at radius 3 is 2.38 bits per heavy atom. The van der Waals surface area contributed by atoms with Crippen LogP contribution in [0.25, 0.3) is 4.98 Å². The summed E-state index contributed by atoms with van der Waals surface area (Å²) in [6, 6.07) is 11.5. The van der Waals surface area contributed by atoms with E-state index < -0.39 is 0 Å². The minimum absolute atomic E-state index is 0.0550. The van der Waals surface area contributed by atoms with Gasteiger partial charge in [0, 0.05) is 34.5 Å². The number of hydrogen-bond donors (Lipinski definition) is 0. The molecular weight excluding hydrogens is 318 g/mol. The number of carbonyl (C=O) groups excluding carboxylic acids is 1. The lowest BCUT2D eigenvalue weighted by Gasteiger charge is -2.20. The Morgan fingerprint density at radius 1 is 1.08 bits per heavy atom. The van der Waals surface area contributed by atoms with Gasteiger partial charge in [0.1, 0.15) is 0 Å². The molecule has 0 bridgehead atoms. The lowest BCUT2D eigenvalue weighted by atomic mass is 10.1. The summed E-state index contributed by atoms with van der Waals surface area (Å²) in [4.78, 5) is 19.9. The molecule has 0 aliphatic carbocycles. The average Bonchev–Trinajstić information content (AvgIpc) is 2.59. The normalized spacial score (nSPS) is 10.3. The minimum atomic E-state index is 0.0550. The van der Waals surface area contributed by atoms with Crippen LogP contribution in [0.5, 0.6) is 0 Å². The average molecular weight is 340 g/mol. The molecule has 0 unspecified atom stereocenters. The molecule has 0 aliphatic heterocycles. The first-order valence-corrected chi connectivity index (χ1v) is 8.85. The predicted octanol–water partition coefficient (Wildman–Crippen LogP) is 5.42. The first kappa shape index (κ1) is 18.0. The second-order valence-electron chi connectivity index (χ2n) is 5.58. The van der Waals surface area contributed by atoms with Gasteiger partial charge in [-0.2, -0.15) is 0 Å². The number of amides is 1. The number of diazo groups is 1. The predicted molar refractivity (Wildman–Crippen MR) is 98.5 cm³/mol. The van der Waals surface area contributed by atoms with Crippen LogP contribution in [0.15, 0.2) is 46.2 Å². The van der Waals surface area contributed by atoms with Crippen LogP contribution in [0.4, 0.5) is 5.69 Å². The van der Waals surface area contributed by atoms with Gasteiger partial charge in [0.2, 0.25) is 5.39 Å². The van der Waals surface area contributed by atoms with Crippen molar-refractivity contribution in [1.29, 1.82) is 5.39 Å². The zero-order chi connectivity index (χ0) is 17.7. The molecule has 1 amide bonds. The maximum atomic E-state index is 12.7. The Labute approximate surface area is 147 Å². The standard InChI is InChI=1S/C19H22N3OS/c1-5-22(6-2)19(23)15-9-7-8-10-17(15)24-18-12-13(3)16(21-20)11-14(18)4/h7-12H,5-6H2,1-4H3/q+1. The van der Waals surface area contributed by atoms with E-state index in [-0.39, 0.29) is 5.91 Å². The number of aryl methyl sites for hydroxylation is 2. The Balaban J connectivity index is 2.40. The van der Waals surface area contributed by atoms with E-state index in [0.29, 0.717) is 18.8 Å². The van der Waals surface area contributed by atoms with Crippen LogP contribution in [-0.2, 0) is 0 Å². The summed E-state index contributed by atoms with van der Waals surface area (Å²) in [5.74, 6) is 0.0550. The van der Waals surface area contributed by atoms with E-state index in [9.17, 15) is 4.79 Å². The van der Waals surface area contributed by atoms with Crippen LogP contribution in [0.1, 0.15) is 35.3 Å². The number of nitrogens with zero attached hydrogens (tertiary/aromatic N) is 3. The SMILES string of the molecule is CCN(CC)C(=O)c1ccccc1Sc1cc(C)c([N+]#N)cc1C. The van der Waals surface area contributed by atoms with E-state index in [4.69, 9.17) is 5.39 Å². The van der Waals surface area contributed by atoms with Gasteiger partial charge in [0.15, 0.2) is 4.98 Å². The largest absolute Gasteiger partial charge is 0.388 e. The first-order valence-electron chi connectivity index (χ1n) is 8.04. The Kier molecular flexibility index (Phi) is 5.99. The molecule has 0 saturated heterocycles. The molecule has 2 aromatic rings. The molecule has 0 N–H and O–H groups in total. The Bertz CT molecular complexity index is 792.